The third-order valence-corrected chi connectivity index (χ3v) is 5.06. The van der Waals surface area contributed by atoms with Crippen molar-refractivity contribution in [2.45, 2.75) is 30.5 Å². The largest absolute Gasteiger partial charge is 0.337 e. The lowest BCUT2D eigenvalue weighted by atomic mass is 10.5. The highest BCUT2D eigenvalue weighted by molar-refractivity contribution is 7.89. The number of nitrogens with zero attached hydrogens (tertiary/aromatic N) is 4. The molecule has 1 aliphatic rings. The van der Waals surface area contributed by atoms with Crippen LogP contribution in [-0.2, 0) is 23.6 Å². The topological polar surface area (TPSA) is 83.9 Å². The molecule has 0 amide bonds. The Bertz CT molecular complexity index is 657. The Labute approximate surface area is 111 Å². The summed E-state index contributed by atoms with van der Waals surface area (Å²) >= 11 is 0. The van der Waals surface area contributed by atoms with Crippen LogP contribution in [0.3, 0.4) is 0 Å². The molecule has 1 saturated carbocycles. The van der Waals surface area contributed by atoms with Gasteiger partial charge in [0.15, 0.2) is 5.03 Å². The molecule has 0 spiro atoms. The molecule has 3 rings (SSSR count). The second-order valence-electron chi connectivity index (χ2n) is 4.66. The minimum Gasteiger partial charge on any atom is -0.337 e. The summed E-state index contributed by atoms with van der Waals surface area (Å²) in [6, 6.07) is 1.55. The molecular weight excluding hydrogens is 266 g/mol. The minimum absolute atomic E-state index is 0.0741. The van der Waals surface area contributed by atoms with E-state index in [0.29, 0.717) is 0 Å². The van der Waals surface area contributed by atoms with Crippen LogP contribution in [0.25, 0.3) is 0 Å². The van der Waals surface area contributed by atoms with Gasteiger partial charge in [0, 0.05) is 25.5 Å². The molecule has 2 aromatic rings. The van der Waals surface area contributed by atoms with E-state index in [-0.39, 0.29) is 17.6 Å². The van der Waals surface area contributed by atoms with Crippen LogP contribution in [0.5, 0.6) is 0 Å². The van der Waals surface area contributed by atoms with E-state index in [1.807, 2.05) is 17.8 Å². The van der Waals surface area contributed by atoms with Gasteiger partial charge in [-0.2, -0.15) is 9.40 Å². The molecule has 1 fully saturated rings. The molecule has 0 unspecified atom stereocenters. The van der Waals surface area contributed by atoms with Gasteiger partial charge in [-0.3, -0.25) is 5.10 Å². The highest BCUT2D eigenvalue weighted by Gasteiger charge is 2.39. The summed E-state index contributed by atoms with van der Waals surface area (Å²) in [6.45, 7) is 0.287. The zero-order chi connectivity index (χ0) is 13.5. The Morgan fingerprint density at radius 1 is 1.47 bits per heavy atom. The van der Waals surface area contributed by atoms with E-state index < -0.39 is 10.0 Å². The molecule has 0 aliphatic heterocycles. The van der Waals surface area contributed by atoms with Gasteiger partial charge in [-0.15, -0.1) is 0 Å². The summed E-state index contributed by atoms with van der Waals surface area (Å²) < 4.78 is 28.4. The molecule has 1 N–H and O–H groups in total. The fourth-order valence-corrected chi connectivity index (χ4v) is 3.52. The van der Waals surface area contributed by atoms with Crippen molar-refractivity contribution in [1.29, 1.82) is 0 Å². The average molecular weight is 281 g/mol. The highest BCUT2D eigenvalue weighted by Crippen LogP contribution is 2.32. The highest BCUT2D eigenvalue weighted by atomic mass is 32.2. The number of hydrogen-bond donors (Lipinski definition) is 1. The lowest BCUT2D eigenvalue weighted by Crippen LogP contribution is -2.33. The number of nitrogens with one attached hydrogen (secondary N) is 1. The van der Waals surface area contributed by atoms with Crippen LogP contribution < -0.4 is 0 Å². The first kappa shape index (κ1) is 12.4. The minimum atomic E-state index is -3.53. The van der Waals surface area contributed by atoms with Crippen LogP contribution in [0.1, 0.15) is 18.7 Å². The van der Waals surface area contributed by atoms with E-state index in [1.54, 1.807) is 6.20 Å². The molecule has 0 atom stereocenters. The standard InChI is InChI=1S/C11H15N5O2S/c1-15-7-6-12-10(15)8-16(9-2-3-9)19(17,18)11-4-5-13-14-11/h4-7,9H,2-3,8H2,1H3,(H,13,14). The number of H-pyrrole nitrogens is 1. The number of sulfonamides is 1. The van der Waals surface area contributed by atoms with E-state index in [1.165, 1.54) is 16.6 Å². The SMILES string of the molecule is Cn1ccnc1CN(C1CC1)S(=O)(=O)c1ccn[nH]1. The maximum Gasteiger partial charge on any atom is 0.260 e. The Balaban J connectivity index is 1.92. The number of rotatable bonds is 5. The van der Waals surface area contributed by atoms with Crippen molar-refractivity contribution in [1.82, 2.24) is 24.1 Å². The summed E-state index contributed by atoms with van der Waals surface area (Å²) in [5, 5.41) is 6.37. The Hall–Kier alpha value is -1.67. The molecule has 7 nitrogen and oxygen atoms in total. The Morgan fingerprint density at radius 2 is 2.26 bits per heavy atom. The van der Waals surface area contributed by atoms with Crippen LogP contribution in [0.15, 0.2) is 29.7 Å². The molecule has 19 heavy (non-hydrogen) atoms. The summed E-state index contributed by atoms with van der Waals surface area (Å²) in [5.41, 5.74) is 0. The normalized spacial score (nSPS) is 16.1. The van der Waals surface area contributed by atoms with Crippen molar-refractivity contribution >= 4 is 10.0 Å². The third kappa shape index (κ3) is 2.28. The molecule has 0 radical (unpaired) electrons. The molecule has 102 valence electrons. The molecule has 2 aromatic heterocycles. The van der Waals surface area contributed by atoms with Crippen molar-refractivity contribution in [3.8, 4) is 0 Å². The van der Waals surface area contributed by atoms with Crippen molar-refractivity contribution in [3.05, 3.63) is 30.5 Å². The molecule has 0 saturated heterocycles. The van der Waals surface area contributed by atoms with Gasteiger partial charge in [0.2, 0.25) is 0 Å². The zero-order valence-corrected chi connectivity index (χ0v) is 11.3. The monoisotopic (exact) mass is 281 g/mol. The summed E-state index contributed by atoms with van der Waals surface area (Å²) in [4.78, 5) is 4.19. The molecule has 8 heteroatoms. The molecule has 1 aliphatic carbocycles. The lowest BCUT2D eigenvalue weighted by molar-refractivity contribution is 0.383. The number of aromatic amines is 1. The Kier molecular flexibility index (Phi) is 2.90. The van der Waals surface area contributed by atoms with Crippen LogP contribution in [0.2, 0.25) is 0 Å². The molecule has 0 aromatic carbocycles. The van der Waals surface area contributed by atoms with Crippen LogP contribution in [0, 0.1) is 0 Å². The third-order valence-electron chi connectivity index (χ3n) is 3.23. The Morgan fingerprint density at radius 3 is 2.79 bits per heavy atom. The van der Waals surface area contributed by atoms with E-state index in [0.717, 1.165) is 18.7 Å². The van der Waals surface area contributed by atoms with E-state index in [2.05, 4.69) is 15.2 Å². The maximum absolute atomic E-state index is 12.5. The fourth-order valence-electron chi connectivity index (χ4n) is 1.97. The zero-order valence-electron chi connectivity index (χ0n) is 10.5. The molecule has 2 heterocycles. The van der Waals surface area contributed by atoms with E-state index in [4.69, 9.17) is 0 Å². The van der Waals surface area contributed by atoms with Crippen LogP contribution in [0.4, 0.5) is 0 Å². The average Bonchev–Trinajstić information content (AvgIpc) is 2.90. The van der Waals surface area contributed by atoms with Gasteiger partial charge in [0.25, 0.3) is 10.0 Å². The van der Waals surface area contributed by atoms with Crippen molar-refractivity contribution in [2.24, 2.45) is 7.05 Å². The van der Waals surface area contributed by atoms with E-state index >= 15 is 0 Å². The van der Waals surface area contributed by atoms with Crippen molar-refractivity contribution < 1.29 is 8.42 Å². The van der Waals surface area contributed by atoms with Gasteiger partial charge in [-0.1, -0.05) is 0 Å². The number of hydrogen-bond acceptors (Lipinski definition) is 4. The second-order valence-corrected chi connectivity index (χ2v) is 6.52. The van der Waals surface area contributed by atoms with Gasteiger partial charge < -0.3 is 4.57 Å². The molecule has 0 bridgehead atoms. The predicted molar refractivity (Wildman–Crippen MR) is 67.5 cm³/mol. The first-order valence-electron chi connectivity index (χ1n) is 6.06. The van der Waals surface area contributed by atoms with Crippen molar-refractivity contribution in [2.75, 3.05) is 0 Å². The number of imidazole rings is 1. The fraction of sp³-hybridized carbons (Fsp3) is 0.455. The maximum atomic E-state index is 12.5. The van der Waals surface area contributed by atoms with Gasteiger partial charge in [0.05, 0.1) is 12.7 Å². The van der Waals surface area contributed by atoms with Gasteiger partial charge >= 0.3 is 0 Å². The first-order valence-corrected chi connectivity index (χ1v) is 7.50. The molecular formula is C11H15N5O2S. The number of aromatic nitrogens is 4. The van der Waals surface area contributed by atoms with Gasteiger partial charge in [-0.05, 0) is 18.9 Å². The van der Waals surface area contributed by atoms with E-state index in [9.17, 15) is 8.42 Å². The van der Waals surface area contributed by atoms with Crippen molar-refractivity contribution in [3.63, 3.8) is 0 Å². The lowest BCUT2D eigenvalue weighted by Gasteiger charge is -2.20. The summed E-state index contributed by atoms with van der Waals surface area (Å²) in [6.07, 6.45) is 6.72. The number of aryl methyl sites for hydroxylation is 1. The summed E-state index contributed by atoms with van der Waals surface area (Å²) in [5.74, 6) is 0.731. The predicted octanol–water partition coefficient (Wildman–Crippen LogP) is 0.496. The smallest absolute Gasteiger partial charge is 0.260 e. The van der Waals surface area contributed by atoms with Gasteiger partial charge in [0.1, 0.15) is 5.82 Å². The quantitative estimate of drug-likeness (QED) is 0.864. The van der Waals surface area contributed by atoms with Gasteiger partial charge in [-0.25, -0.2) is 13.4 Å². The van der Waals surface area contributed by atoms with Crippen LogP contribution in [-0.4, -0.2) is 38.5 Å². The first-order chi connectivity index (χ1) is 9.09. The second kappa shape index (κ2) is 4.46. The summed E-state index contributed by atoms with van der Waals surface area (Å²) in [7, 11) is -1.67. The van der Waals surface area contributed by atoms with Crippen LogP contribution >= 0.6 is 0 Å².